The predicted octanol–water partition coefficient (Wildman–Crippen LogP) is 7.92. The van der Waals surface area contributed by atoms with E-state index in [9.17, 15) is 14.9 Å². The number of ether oxygens (including phenoxy) is 1. The number of carboxylic acid groups (broad SMARTS) is 1. The average Bonchev–Trinajstić information content (AvgIpc) is 2.95. The summed E-state index contributed by atoms with van der Waals surface area (Å²) in [6, 6.07) is 16.7. The second-order valence-corrected chi connectivity index (χ2v) is 9.67. The van der Waals surface area contributed by atoms with Crippen molar-refractivity contribution in [2.45, 2.75) is 65.2 Å². The fraction of sp³-hybridized carbons (Fsp3) is 0.324. The van der Waals surface area contributed by atoms with Crippen LogP contribution in [0.2, 0.25) is 0 Å². The summed E-state index contributed by atoms with van der Waals surface area (Å²) in [7, 11) is 0. The highest BCUT2D eigenvalue weighted by Gasteiger charge is 2.15. The molecule has 6 heteroatoms. The van der Waals surface area contributed by atoms with Crippen LogP contribution in [0.3, 0.4) is 0 Å². The minimum absolute atomic E-state index is 0.130. The van der Waals surface area contributed by atoms with E-state index in [4.69, 9.17) is 9.84 Å². The molecule has 6 nitrogen and oxygen atoms in total. The number of carboxylic acids is 1. The van der Waals surface area contributed by atoms with Crippen LogP contribution in [0.1, 0.15) is 96.5 Å². The number of nitro groups is 1. The number of hydrogen-bond acceptors (Lipinski definition) is 4. The van der Waals surface area contributed by atoms with Crippen molar-refractivity contribution in [2.24, 2.45) is 0 Å². The molecule has 3 aromatic rings. The van der Waals surface area contributed by atoms with E-state index in [0.29, 0.717) is 17.7 Å². The molecule has 0 aromatic heterocycles. The molecule has 3 aromatic carbocycles. The van der Waals surface area contributed by atoms with E-state index in [2.05, 4.69) is 30.6 Å². The Balaban J connectivity index is 1.60. The van der Waals surface area contributed by atoms with Gasteiger partial charge in [-0.2, -0.15) is 0 Å². The molecule has 1 N–H and O–H groups in total. The second kappa shape index (κ2) is 15.8. The molecular formula is C34H35NO5. The molecule has 206 valence electrons. The van der Waals surface area contributed by atoms with Gasteiger partial charge in [0.25, 0.3) is 5.69 Å². The molecule has 0 radical (unpaired) electrons. The fourth-order valence-electron chi connectivity index (χ4n) is 4.12. The third-order valence-electron chi connectivity index (χ3n) is 6.48. The van der Waals surface area contributed by atoms with Crippen molar-refractivity contribution >= 4 is 11.7 Å². The summed E-state index contributed by atoms with van der Waals surface area (Å²) < 4.78 is 5.85. The Morgan fingerprint density at radius 3 is 1.93 bits per heavy atom. The van der Waals surface area contributed by atoms with Crippen LogP contribution in [0.15, 0.2) is 60.7 Å². The fourth-order valence-corrected chi connectivity index (χ4v) is 4.12. The SMILES string of the molecule is CCCCCCCCCCOc1ccc(C#Cc2cc([N+](=O)[O-])c(C#Cc3ccc(C(=O)O)cc3)cc2C)cc1. The van der Waals surface area contributed by atoms with E-state index in [-0.39, 0.29) is 16.8 Å². The molecule has 0 saturated heterocycles. The van der Waals surface area contributed by atoms with Crippen molar-refractivity contribution in [1.82, 2.24) is 0 Å². The number of unbranched alkanes of at least 4 members (excludes halogenated alkanes) is 7. The molecule has 0 aliphatic carbocycles. The maximum absolute atomic E-state index is 11.7. The number of nitro benzene ring substituents is 1. The van der Waals surface area contributed by atoms with Gasteiger partial charge in [0.1, 0.15) is 11.3 Å². The molecule has 0 amide bonds. The molecular weight excluding hydrogens is 502 g/mol. The second-order valence-electron chi connectivity index (χ2n) is 9.67. The number of benzene rings is 3. The number of carbonyl (C=O) groups is 1. The first-order chi connectivity index (χ1) is 19.4. The van der Waals surface area contributed by atoms with Gasteiger partial charge < -0.3 is 9.84 Å². The van der Waals surface area contributed by atoms with E-state index in [1.54, 1.807) is 18.2 Å². The van der Waals surface area contributed by atoms with Crippen molar-refractivity contribution in [3.63, 3.8) is 0 Å². The third-order valence-corrected chi connectivity index (χ3v) is 6.48. The van der Waals surface area contributed by atoms with Gasteiger partial charge in [0.05, 0.1) is 17.1 Å². The number of rotatable bonds is 12. The lowest BCUT2D eigenvalue weighted by molar-refractivity contribution is -0.385. The Bertz CT molecular complexity index is 1420. The van der Waals surface area contributed by atoms with Gasteiger partial charge in [-0.3, -0.25) is 10.1 Å². The monoisotopic (exact) mass is 537 g/mol. The van der Waals surface area contributed by atoms with Gasteiger partial charge >= 0.3 is 5.97 Å². The summed E-state index contributed by atoms with van der Waals surface area (Å²) in [6.07, 6.45) is 10.1. The predicted molar refractivity (Wildman–Crippen MR) is 158 cm³/mol. The molecule has 3 rings (SSSR count). The van der Waals surface area contributed by atoms with Gasteiger partial charge in [-0.15, -0.1) is 0 Å². The first-order valence-corrected chi connectivity index (χ1v) is 13.8. The number of nitrogens with zero attached hydrogens (tertiary/aromatic N) is 1. The van der Waals surface area contributed by atoms with Crippen LogP contribution in [-0.4, -0.2) is 22.6 Å². The largest absolute Gasteiger partial charge is 0.494 e. The highest BCUT2D eigenvalue weighted by molar-refractivity contribution is 5.87. The Labute approximate surface area is 236 Å². The van der Waals surface area contributed by atoms with Gasteiger partial charge in [-0.25, -0.2) is 4.79 Å². The van der Waals surface area contributed by atoms with Crippen molar-refractivity contribution in [3.8, 4) is 29.4 Å². The molecule has 0 saturated carbocycles. The Morgan fingerprint density at radius 2 is 1.35 bits per heavy atom. The van der Waals surface area contributed by atoms with Gasteiger partial charge in [-0.05, 0) is 73.5 Å². The van der Waals surface area contributed by atoms with Gasteiger partial charge in [0, 0.05) is 22.8 Å². The Hall–Kier alpha value is -4.55. The zero-order valence-corrected chi connectivity index (χ0v) is 23.2. The first kappa shape index (κ1) is 30.0. The molecule has 40 heavy (non-hydrogen) atoms. The number of aryl methyl sites for hydroxylation is 1. The minimum Gasteiger partial charge on any atom is -0.494 e. The van der Waals surface area contributed by atoms with Crippen molar-refractivity contribution in [2.75, 3.05) is 6.61 Å². The Kier molecular flexibility index (Phi) is 11.8. The lowest BCUT2D eigenvalue weighted by atomic mass is 10.0. The summed E-state index contributed by atoms with van der Waals surface area (Å²) in [5, 5.41) is 20.8. The van der Waals surface area contributed by atoms with Gasteiger partial charge in [-0.1, -0.05) is 75.6 Å². The lowest BCUT2D eigenvalue weighted by Crippen LogP contribution is -1.97. The molecule has 0 fully saturated rings. The summed E-state index contributed by atoms with van der Waals surface area (Å²) in [6.45, 7) is 4.77. The van der Waals surface area contributed by atoms with Gasteiger partial charge in [0.15, 0.2) is 0 Å². The summed E-state index contributed by atoms with van der Waals surface area (Å²) in [5.41, 5.74) is 2.96. The van der Waals surface area contributed by atoms with Crippen molar-refractivity contribution in [1.29, 1.82) is 0 Å². The van der Waals surface area contributed by atoms with E-state index in [0.717, 1.165) is 23.3 Å². The third kappa shape index (κ3) is 9.64. The normalized spacial score (nSPS) is 10.2. The lowest BCUT2D eigenvalue weighted by Gasteiger charge is -2.06. The molecule has 0 unspecified atom stereocenters. The molecule has 0 bridgehead atoms. The van der Waals surface area contributed by atoms with Crippen molar-refractivity contribution in [3.05, 3.63) is 104 Å². The zero-order valence-electron chi connectivity index (χ0n) is 23.2. The maximum atomic E-state index is 11.7. The number of hydrogen-bond donors (Lipinski definition) is 1. The van der Waals surface area contributed by atoms with E-state index >= 15 is 0 Å². The standard InChI is InChI=1S/C34H35NO5/c1-3-4-5-6-7-8-9-10-23-40-32-21-15-28(16-22-32)13-19-30-25-33(35(38)39)31(24-26(30)2)20-14-27-11-17-29(18-12-27)34(36)37/h11-12,15-18,21-22,24-25H,3-10,23H2,1-2H3,(H,36,37). The van der Waals surface area contributed by atoms with Crippen LogP contribution in [0.5, 0.6) is 5.75 Å². The minimum atomic E-state index is -1.03. The highest BCUT2D eigenvalue weighted by Crippen LogP contribution is 2.23. The van der Waals surface area contributed by atoms with Crippen molar-refractivity contribution < 1.29 is 19.6 Å². The molecule has 0 heterocycles. The Morgan fingerprint density at radius 1 is 0.800 bits per heavy atom. The molecule has 0 atom stereocenters. The van der Waals surface area contributed by atoms with Crippen LogP contribution in [-0.2, 0) is 0 Å². The topological polar surface area (TPSA) is 89.7 Å². The van der Waals surface area contributed by atoms with E-state index in [1.807, 2.05) is 31.2 Å². The quantitative estimate of drug-likeness (QED) is 0.110. The molecule has 0 aliphatic rings. The summed E-state index contributed by atoms with van der Waals surface area (Å²) >= 11 is 0. The first-order valence-electron chi connectivity index (χ1n) is 13.8. The molecule has 0 spiro atoms. The van der Waals surface area contributed by atoms with Crippen LogP contribution >= 0.6 is 0 Å². The average molecular weight is 538 g/mol. The van der Waals surface area contributed by atoms with Crippen LogP contribution in [0.25, 0.3) is 0 Å². The van der Waals surface area contributed by atoms with E-state index < -0.39 is 10.9 Å². The number of aromatic carboxylic acids is 1. The molecule has 0 aliphatic heterocycles. The van der Waals surface area contributed by atoms with E-state index in [1.165, 1.54) is 63.1 Å². The van der Waals surface area contributed by atoms with Gasteiger partial charge in [0.2, 0.25) is 0 Å². The summed E-state index contributed by atoms with van der Waals surface area (Å²) in [4.78, 5) is 22.3. The smallest absolute Gasteiger partial charge is 0.335 e. The summed E-state index contributed by atoms with van der Waals surface area (Å²) in [5.74, 6) is 11.6. The highest BCUT2D eigenvalue weighted by atomic mass is 16.6. The maximum Gasteiger partial charge on any atom is 0.335 e. The van der Waals surface area contributed by atoms with Crippen LogP contribution < -0.4 is 4.74 Å². The zero-order chi connectivity index (χ0) is 28.7. The van der Waals surface area contributed by atoms with Crippen LogP contribution in [0.4, 0.5) is 5.69 Å². The van der Waals surface area contributed by atoms with Crippen LogP contribution in [0, 0.1) is 40.7 Å².